The van der Waals surface area contributed by atoms with Gasteiger partial charge in [-0.25, -0.2) is 9.99 Å². The molecule has 3 heteroatoms. The van der Waals surface area contributed by atoms with Gasteiger partial charge in [-0.2, -0.15) is 5.10 Å². The van der Waals surface area contributed by atoms with Crippen molar-refractivity contribution in [3.05, 3.63) is 72.6 Å². The Labute approximate surface area is 119 Å². The van der Waals surface area contributed by atoms with Crippen LogP contribution in [0.5, 0.6) is 0 Å². The van der Waals surface area contributed by atoms with Crippen LogP contribution in [0, 0.1) is 5.41 Å². The third-order valence-corrected chi connectivity index (χ3v) is 3.38. The fourth-order valence-electron chi connectivity index (χ4n) is 2.25. The first-order valence-corrected chi connectivity index (χ1v) is 6.71. The summed E-state index contributed by atoms with van der Waals surface area (Å²) in [5.74, 6) is 0.827. The Hall–Kier alpha value is -2.42. The van der Waals surface area contributed by atoms with Gasteiger partial charge in [-0.1, -0.05) is 56.3 Å². The van der Waals surface area contributed by atoms with Gasteiger partial charge in [0.1, 0.15) is 0 Å². The lowest BCUT2D eigenvalue weighted by Crippen LogP contribution is -2.30. The first-order valence-electron chi connectivity index (χ1n) is 6.71. The number of hydrogen-bond acceptors (Lipinski definition) is 3. The molecule has 0 saturated carbocycles. The lowest BCUT2D eigenvalue weighted by Gasteiger charge is -2.30. The van der Waals surface area contributed by atoms with Crippen LogP contribution in [0.1, 0.15) is 19.4 Å². The van der Waals surface area contributed by atoms with Crippen molar-refractivity contribution in [1.82, 2.24) is 4.98 Å². The zero-order valence-electron chi connectivity index (χ0n) is 11.7. The van der Waals surface area contributed by atoms with Crippen LogP contribution in [0.4, 0.5) is 5.82 Å². The molecular weight excluding hydrogens is 246 g/mol. The lowest BCUT2D eigenvalue weighted by atomic mass is 9.83. The van der Waals surface area contributed by atoms with Gasteiger partial charge >= 0.3 is 0 Å². The molecule has 0 amide bonds. The summed E-state index contributed by atoms with van der Waals surface area (Å²) in [7, 11) is 0. The largest absolute Gasteiger partial charge is 0.237 e. The van der Waals surface area contributed by atoms with Gasteiger partial charge < -0.3 is 0 Å². The second-order valence-electron chi connectivity index (χ2n) is 5.38. The van der Waals surface area contributed by atoms with Crippen LogP contribution in [-0.2, 0) is 0 Å². The molecule has 1 aliphatic rings. The summed E-state index contributed by atoms with van der Waals surface area (Å²) >= 11 is 0. The smallest absolute Gasteiger partial charge is 0.153 e. The molecule has 0 spiro atoms. The van der Waals surface area contributed by atoms with Crippen molar-refractivity contribution in [1.29, 1.82) is 0 Å². The number of rotatable bonds is 2. The quantitative estimate of drug-likeness (QED) is 0.823. The Balaban J connectivity index is 2.03. The molecule has 1 aliphatic heterocycles. The van der Waals surface area contributed by atoms with Crippen LogP contribution in [0.15, 0.2) is 72.1 Å². The Morgan fingerprint density at radius 2 is 1.70 bits per heavy atom. The van der Waals surface area contributed by atoms with E-state index in [1.165, 1.54) is 0 Å². The van der Waals surface area contributed by atoms with Crippen molar-refractivity contribution in [2.45, 2.75) is 13.8 Å². The minimum atomic E-state index is -0.0906. The average Bonchev–Trinajstić information content (AvgIpc) is 2.49. The molecule has 2 heterocycles. The maximum absolute atomic E-state index is 4.78. The standard InChI is InChI=1S/C17H17N3/c1-17(2)11-13-20(15-10-6-7-12-18-15)19-16(17)14-8-4-3-5-9-14/h3-13H,1-2H3. The molecule has 1 aromatic heterocycles. The minimum Gasteiger partial charge on any atom is -0.237 e. The molecule has 0 bridgehead atoms. The van der Waals surface area contributed by atoms with Gasteiger partial charge in [0.2, 0.25) is 0 Å². The first kappa shape index (κ1) is 12.6. The number of pyridine rings is 1. The van der Waals surface area contributed by atoms with Crippen LogP contribution in [0.25, 0.3) is 0 Å². The van der Waals surface area contributed by atoms with Gasteiger partial charge in [-0.15, -0.1) is 0 Å². The van der Waals surface area contributed by atoms with E-state index in [9.17, 15) is 0 Å². The fraction of sp³-hybridized carbons (Fsp3) is 0.176. The van der Waals surface area contributed by atoms with Gasteiger partial charge in [0.05, 0.1) is 5.71 Å². The van der Waals surface area contributed by atoms with E-state index in [1.54, 1.807) is 6.20 Å². The summed E-state index contributed by atoms with van der Waals surface area (Å²) in [6.07, 6.45) is 5.92. The molecule has 1 aromatic carbocycles. The third kappa shape index (κ3) is 2.35. The monoisotopic (exact) mass is 263 g/mol. The van der Waals surface area contributed by atoms with Crippen molar-refractivity contribution >= 4 is 11.5 Å². The van der Waals surface area contributed by atoms with E-state index >= 15 is 0 Å². The summed E-state index contributed by atoms with van der Waals surface area (Å²) in [6, 6.07) is 16.1. The van der Waals surface area contributed by atoms with E-state index in [0.29, 0.717) is 0 Å². The van der Waals surface area contributed by atoms with Gasteiger partial charge in [0, 0.05) is 17.8 Å². The molecular formula is C17H17N3. The highest BCUT2D eigenvalue weighted by Gasteiger charge is 2.28. The van der Waals surface area contributed by atoms with Crippen LogP contribution in [0.2, 0.25) is 0 Å². The summed E-state index contributed by atoms with van der Waals surface area (Å²) in [5, 5.41) is 6.60. The molecule has 2 aromatic rings. The van der Waals surface area contributed by atoms with E-state index in [1.807, 2.05) is 47.6 Å². The van der Waals surface area contributed by atoms with Crippen LogP contribution in [0.3, 0.4) is 0 Å². The number of benzene rings is 1. The van der Waals surface area contributed by atoms with Crippen LogP contribution >= 0.6 is 0 Å². The highest BCUT2D eigenvalue weighted by atomic mass is 15.5. The topological polar surface area (TPSA) is 28.5 Å². The molecule has 0 unspecified atom stereocenters. The number of hydrogen-bond donors (Lipinski definition) is 0. The number of nitrogens with zero attached hydrogens (tertiary/aromatic N) is 3. The van der Waals surface area contributed by atoms with E-state index in [2.05, 4.69) is 37.0 Å². The van der Waals surface area contributed by atoms with Crippen molar-refractivity contribution in [2.24, 2.45) is 10.5 Å². The normalized spacial score (nSPS) is 16.9. The Morgan fingerprint density at radius 1 is 0.950 bits per heavy atom. The molecule has 0 radical (unpaired) electrons. The molecule has 0 fully saturated rings. The molecule has 0 aliphatic carbocycles. The molecule has 3 nitrogen and oxygen atoms in total. The number of anilines is 1. The molecule has 100 valence electrons. The predicted molar refractivity (Wildman–Crippen MR) is 82.6 cm³/mol. The highest BCUT2D eigenvalue weighted by Crippen LogP contribution is 2.30. The second kappa shape index (κ2) is 4.93. The van der Waals surface area contributed by atoms with Crippen molar-refractivity contribution in [2.75, 3.05) is 5.01 Å². The SMILES string of the molecule is CC1(C)C=CN(c2ccccn2)N=C1c1ccccc1. The first-order chi connectivity index (χ1) is 9.67. The Bertz CT molecular complexity index is 642. The summed E-state index contributed by atoms with van der Waals surface area (Å²) < 4.78 is 0. The van der Waals surface area contributed by atoms with Crippen LogP contribution < -0.4 is 5.01 Å². The van der Waals surface area contributed by atoms with Gasteiger partial charge in [0.15, 0.2) is 5.82 Å². The number of aromatic nitrogens is 1. The highest BCUT2D eigenvalue weighted by molar-refractivity contribution is 6.06. The molecule has 20 heavy (non-hydrogen) atoms. The molecule has 0 atom stereocenters. The summed E-state index contributed by atoms with van der Waals surface area (Å²) in [6.45, 7) is 4.34. The van der Waals surface area contributed by atoms with Crippen molar-refractivity contribution in [3.8, 4) is 0 Å². The zero-order valence-corrected chi connectivity index (χ0v) is 11.7. The Kier molecular flexibility index (Phi) is 3.11. The van der Waals surface area contributed by atoms with E-state index < -0.39 is 0 Å². The van der Waals surface area contributed by atoms with Gasteiger partial charge in [0.25, 0.3) is 0 Å². The van der Waals surface area contributed by atoms with E-state index in [0.717, 1.165) is 17.1 Å². The Morgan fingerprint density at radius 3 is 2.40 bits per heavy atom. The average molecular weight is 263 g/mol. The van der Waals surface area contributed by atoms with Crippen molar-refractivity contribution < 1.29 is 0 Å². The fourth-order valence-corrected chi connectivity index (χ4v) is 2.25. The van der Waals surface area contributed by atoms with Gasteiger partial charge in [-0.05, 0) is 17.7 Å². The lowest BCUT2D eigenvalue weighted by molar-refractivity contribution is 0.655. The van der Waals surface area contributed by atoms with E-state index in [4.69, 9.17) is 5.10 Å². The molecule has 3 rings (SSSR count). The maximum atomic E-state index is 4.78. The summed E-state index contributed by atoms with van der Waals surface area (Å²) in [4.78, 5) is 4.35. The minimum absolute atomic E-state index is 0.0906. The number of allylic oxidation sites excluding steroid dienone is 1. The predicted octanol–water partition coefficient (Wildman–Crippen LogP) is 3.85. The molecule has 0 saturated heterocycles. The van der Waals surface area contributed by atoms with E-state index in [-0.39, 0.29) is 5.41 Å². The second-order valence-corrected chi connectivity index (χ2v) is 5.38. The third-order valence-electron chi connectivity index (χ3n) is 3.38. The zero-order chi connectivity index (χ0) is 14.0. The maximum Gasteiger partial charge on any atom is 0.153 e. The van der Waals surface area contributed by atoms with Crippen LogP contribution in [-0.4, -0.2) is 10.7 Å². The summed E-state index contributed by atoms with van der Waals surface area (Å²) in [5.41, 5.74) is 2.10. The van der Waals surface area contributed by atoms with Crippen molar-refractivity contribution in [3.63, 3.8) is 0 Å². The van der Waals surface area contributed by atoms with Gasteiger partial charge in [-0.3, -0.25) is 0 Å². The molecule has 0 N–H and O–H groups in total. The number of hydrazone groups is 1.